The summed E-state index contributed by atoms with van der Waals surface area (Å²) < 4.78 is 10.6. The number of esters is 1. The van der Waals surface area contributed by atoms with Crippen LogP contribution in [0.2, 0.25) is 0 Å². The first-order chi connectivity index (χ1) is 25.1. The van der Waals surface area contributed by atoms with Crippen LogP contribution in [0.3, 0.4) is 0 Å². The molecule has 0 aromatic rings. The van der Waals surface area contributed by atoms with Crippen molar-refractivity contribution < 1.29 is 43.0 Å². The number of methoxy groups -OCH3 is 1. The molecule has 15 heteroatoms. The molecule has 0 aliphatic heterocycles. The zero-order chi connectivity index (χ0) is 42.0. The Hall–Kier alpha value is -3.75. The summed E-state index contributed by atoms with van der Waals surface area (Å²) in [7, 11) is 5.73. The number of rotatable bonds is 24. The quantitative estimate of drug-likeness (QED) is 0.0982. The maximum absolute atomic E-state index is 14.1. The van der Waals surface area contributed by atoms with Crippen LogP contribution in [0.25, 0.3) is 0 Å². The van der Waals surface area contributed by atoms with Crippen LogP contribution in [0.5, 0.6) is 0 Å². The van der Waals surface area contributed by atoms with E-state index >= 15 is 0 Å². The molecule has 6 amide bonds. The molecule has 0 bridgehead atoms. The zero-order valence-electron chi connectivity index (χ0n) is 35.7. The van der Waals surface area contributed by atoms with Crippen LogP contribution in [0, 0.1) is 23.7 Å². The van der Waals surface area contributed by atoms with Gasteiger partial charge in [-0.3, -0.25) is 28.8 Å². The van der Waals surface area contributed by atoms with Gasteiger partial charge < -0.3 is 40.1 Å². The molecule has 54 heavy (non-hydrogen) atoms. The summed E-state index contributed by atoms with van der Waals surface area (Å²) >= 11 is 0. The third-order valence-electron chi connectivity index (χ3n) is 9.75. The molecule has 7 atom stereocenters. The number of hydrogen-bond acceptors (Lipinski definition) is 9. The van der Waals surface area contributed by atoms with Crippen molar-refractivity contribution in [2.24, 2.45) is 23.7 Å². The average Bonchev–Trinajstić information content (AvgIpc) is 3.12. The number of amides is 6. The minimum atomic E-state index is -1.17. The Morgan fingerprint density at radius 1 is 0.611 bits per heavy atom. The van der Waals surface area contributed by atoms with Crippen LogP contribution in [0.1, 0.15) is 108 Å². The first-order valence-corrected chi connectivity index (χ1v) is 19.4. The van der Waals surface area contributed by atoms with Crippen molar-refractivity contribution in [3.05, 3.63) is 0 Å². The first-order valence-electron chi connectivity index (χ1n) is 19.4. The molecule has 0 heterocycles. The van der Waals surface area contributed by atoms with Crippen molar-refractivity contribution in [2.45, 2.75) is 145 Å². The smallest absolute Gasteiger partial charge is 0.328 e. The van der Waals surface area contributed by atoms with Gasteiger partial charge in [0.15, 0.2) is 0 Å². The fraction of sp³-hybridized carbons (Fsp3) is 0.821. The summed E-state index contributed by atoms with van der Waals surface area (Å²) in [5.41, 5.74) is 0. The molecule has 0 aliphatic carbocycles. The Morgan fingerprint density at radius 2 is 1.15 bits per heavy atom. The number of ether oxygens (including phenoxy) is 2. The Kier molecular flexibility index (Phi) is 22.9. The zero-order valence-corrected chi connectivity index (χ0v) is 35.7. The number of nitrogens with one attached hydrogen (secondary N) is 3. The van der Waals surface area contributed by atoms with E-state index in [2.05, 4.69) is 16.0 Å². The van der Waals surface area contributed by atoms with E-state index < -0.39 is 71.8 Å². The number of nitrogens with zero attached hydrogens (tertiary/aromatic N) is 3. The van der Waals surface area contributed by atoms with Crippen molar-refractivity contribution in [3.63, 3.8) is 0 Å². The molecule has 0 aliphatic rings. The highest BCUT2D eigenvalue weighted by atomic mass is 16.5. The van der Waals surface area contributed by atoms with Gasteiger partial charge in [0.25, 0.3) is 0 Å². The van der Waals surface area contributed by atoms with Crippen LogP contribution in [-0.2, 0) is 43.0 Å². The number of carbonyl (C=O) groups excluding carboxylic acids is 7. The van der Waals surface area contributed by atoms with Crippen molar-refractivity contribution >= 4 is 41.4 Å². The van der Waals surface area contributed by atoms with E-state index in [1.165, 1.54) is 43.0 Å². The predicted molar refractivity (Wildman–Crippen MR) is 208 cm³/mol. The van der Waals surface area contributed by atoms with E-state index in [1.54, 1.807) is 34.6 Å². The Bertz CT molecular complexity index is 1240. The summed E-state index contributed by atoms with van der Waals surface area (Å²) in [6, 6.07) is -5.99. The second-order valence-electron chi connectivity index (χ2n) is 15.6. The summed E-state index contributed by atoms with van der Waals surface area (Å²) in [5, 5.41) is 8.28. The van der Waals surface area contributed by atoms with Crippen LogP contribution >= 0.6 is 0 Å². The molecule has 0 radical (unpaired) electrons. The van der Waals surface area contributed by atoms with Crippen molar-refractivity contribution in [1.82, 2.24) is 30.7 Å². The number of unbranched alkanes of at least 4 members (excludes halogenated alkanes) is 1. The van der Waals surface area contributed by atoms with E-state index in [1.807, 2.05) is 41.5 Å². The molecule has 15 nitrogen and oxygen atoms in total. The molecule has 0 saturated heterocycles. The Labute approximate surface area is 324 Å². The lowest BCUT2D eigenvalue weighted by Crippen LogP contribution is -2.61. The molecule has 0 aromatic heterocycles. The number of likely N-dealkylation sites (N-methyl/N-ethyl adjacent to an activating group) is 3. The highest BCUT2D eigenvalue weighted by Crippen LogP contribution is 2.18. The lowest BCUT2D eigenvalue weighted by atomic mass is 9.96. The van der Waals surface area contributed by atoms with E-state index in [0.717, 1.165) is 12.8 Å². The maximum atomic E-state index is 14.1. The average molecular weight is 769 g/mol. The van der Waals surface area contributed by atoms with Crippen LogP contribution in [0.4, 0.5) is 0 Å². The molecule has 0 spiro atoms. The number of carbonyl (C=O) groups is 7. The minimum absolute atomic E-state index is 0.0100. The molecule has 312 valence electrons. The van der Waals surface area contributed by atoms with Crippen LogP contribution in [0.15, 0.2) is 0 Å². The van der Waals surface area contributed by atoms with E-state index in [-0.39, 0.29) is 36.2 Å². The molecule has 0 fully saturated rings. The third kappa shape index (κ3) is 15.9. The van der Waals surface area contributed by atoms with Crippen molar-refractivity contribution in [2.75, 3.05) is 41.5 Å². The lowest BCUT2D eigenvalue weighted by Gasteiger charge is -2.36. The van der Waals surface area contributed by atoms with Gasteiger partial charge >= 0.3 is 5.97 Å². The van der Waals surface area contributed by atoms with Gasteiger partial charge in [0.1, 0.15) is 36.3 Å². The fourth-order valence-corrected chi connectivity index (χ4v) is 5.64. The largest absolute Gasteiger partial charge is 0.467 e. The van der Waals surface area contributed by atoms with Gasteiger partial charge in [-0.2, -0.15) is 0 Å². The van der Waals surface area contributed by atoms with Gasteiger partial charge in [0.2, 0.25) is 35.4 Å². The van der Waals surface area contributed by atoms with Gasteiger partial charge in [-0.25, -0.2) is 4.79 Å². The van der Waals surface area contributed by atoms with Crippen molar-refractivity contribution in [1.29, 1.82) is 0 Å². The minimum Gasteiger partial charge on any atom is -0.467 e. The van der Waals surface area contributed by atoms with Gasteiger partial charge in [-0.1, -0.05) is 75.2 Å². The molecular weight excluding hydrogens is 696 g/mol. The van der Waals surface area contributed by atoms with E-state index in [4.69, 9.17) is 9.47 Å². The lowest BCUT2D eigenvalue weighted by molar-refractivity contribution is -0.150. The van der Waals surface area contributed by atoms with Gasteiger partial charge in [0, 0.05) is 33.7 Å². The summed E-state index contributed by atoms with van der Waals surface area (Å²) in [6.45, 7) is 20.1. The summed E-state index contributed by atoms with van der Waals surface area (Å²) in [4.78, 5) is 97.7. The molecule has 0 rings (SSSR count). The topological polar surface area (TPSA) is 184 Å². The summed E-state index contributed by atoms with van der Waals surface area (Å²) in [6.07, 6.45) is 2.76. The van der Waals surface area contributed by atoms with Gasteiger partial charge in [-0.15, -0.1) is 0 Å². The van der Waals surface area contributed by atoms with Gasteiger partial charge in [0.05, 0.1) is 13.7 Å². The molecule has 0 unspecified atom stereocenters. The molecular formula is C39H72N6O9. The van der Waals surface area contributed by atoms with Gasteiger partial charge in [-0.05, 0) is 50.9 Å². The second kappa shape index (κ2) is 24.6. The molecule has 0 aromatic carbocycles. The predicted octanol–water partition coefficient (Wildman–Crippen LogP) is 2.75. The standard InChI is InChI=1S/C39H72N6O9/c1-16-18-19-54-22-30(41-33(46)27(10)43(12)36(49)25(7)8)34(47)42-32(26(9)17-2)38(51)44(13)28(11)37(50)45(14)31(21-24(5)6)35(48)40-29(20-23(3)4)39(52)53-15/h23-32H,16-22H2,1-15H3,(H,40,48)(H,41,46)(H,42,47)/t26-,27+,28-,29-,30+,31-,32+/m0/s1. The van der Waals surface area contributed by atoms with Crippen LogP contribution in [-0.4, -0.2) is 134 Å². The Balaban J connectivity index is 6.30. The highest BCUT2D eigenvalue weighted by Gasteiger charge is 2.38. The molecule has 3 N–H and O–H groups in total. The van der Waals surface area contributed by atoms with E-state index in [0.29, 0.717) is 25.9 Å². The monoisotopic (exact) mass is 769 g/mol. The highest BCUT2D eigenvalue weighted by molar-refractivity contribution is 5.96. The Morgan fingerprint density at radius 3 is 1.63 bits per heavy atom. The van der Waals surface area contributed by atoms with Crippen LogP contribution < -0.4 is 16.0 Å². The fourth-order valence-electron chi connectivity index (χ4n) is 5.64. The van der Waals surface area contributed by atoms with E-state index in [9.17, 15) is 33.6 Å². The third-order valence-corrected chi connectivity index (χ3v) is 9.75. The first kappa shape index (κ1) is 50.2. The second-order valence-corrected chi connectivity index (χ2v) is 15.6. The van der Waals surface area contributed by atoms with Crippen molar-refractivity contribution in [3.8, 4) is 0 Å². The normalized spacial score (nSPS) is 15.3. The number of hydrogen-bond donors (Lipinski definition) is 3. The SMILES string of the molecule is CCCCOC[C@@H](NC(=O)[C@@H](C)N(C)C(=O)C(C)C)C(=O)N[C@@H](C(=O)N(C)[C@@H](C)C(=O)N(C)[C@@H](CC(C)C)C(=O)N[C@@H](CC(C)C)C(=O)OC)[C@@H](C)CC. The molecule has 0 saturated carbocycles. The maximum Gasteiger partial charge on any atom is 0.328 e. The summed E-state index contributed by atoms with van der Waals surface area (Å²) in [5.74, 6) is -4.18.